The van der Waals surface area contributed by atoms with Crippen LogP contribution in [0.15, 0.2) is 72.0 Å². The Balaban J connectivity index is 1.52. The molecule has 4 rings (SSSR count). The standard InChI is InChI=1S/C23H23N5O3/c1-27-14-12-24-22(27)21(16-7-9-17(31-2)10-8-16)26-20(29)11-13-28-15-25-19-6-4-3-5-18(19)23(28)30/h3-10,12,14-15,21H,11,13H2,1-2H3,(H,26,29). The zero-order valence-corrected chi connectivity index (χ0v) is 17.4. The molecule has 1 amide bonds. The lowest BCUT2D eigenvalue weighted by Crippen LogP contribution is -2.32. The van der Waals surface area contributed by atoms with E-state index in [1.807, 2.05) is 48.1 Å². The lowest BCUT2D eigenvalue weighted by Gasteiger charge is -2.19. The average molecular weight is 417 g/mol. The number of aryl methyl sites for hydroxylation is 2. The van der Waals surface area contributed by atoms with Gasteiger partial charge in [-0.1, -0.05) is 24.3 Å². The smallest absolute Gasteiger partial charge is 0.261 e. The molecular formula is C23H23N5O3. The fraction of sp³-hybridized carbons (Fsp3) is 0.217. The Bertz CT molecular complexity index is 1260. The second-order valence-electron chi connectivity index (χ2n) is 7.18. The van der Waals surface area contributed by atoms with Gasteiger partial charge in [0.2, 0.25) is 5.91 Å². The lowest BCUT2D eigenvalue weighted by molar-refractivity contribution is -0.121. The van der Waals surface area contributed by atoms with Gasteiger partial charge in [-0.3, -0.25) is 14.2 Å². The molecule has 2 heterocycles. The van der Waals surface area contributed by atoms with Gasteiger partial charge < -0.3 is 14.6 Å². The van der Waals surface area contributed by atoms with Crippen molar-refractivity contribution in [3.8, 4) is 5.75 Å². The second kappa shape index (κ2) is 8.83. The predicted octanol–water partition coefficient (Wildman–Crippen LogP) is 2.43. The molecule has 2 aromatic heterocycles. The molecule has 0 fully saturated rings. The molecule has 158 valence electrons. The maximum absolute atomic E-state index is 12.8. The third kappa shape index (κ3) is 4.32. The number of imidazole rings is 1. The number of nitrogens with zero attached hydrogens (tertiary/aromatic N) is 4. The number of nitrogens with one attached hydrogen (secondary N) is 1. The molecule has 0 bridgehead atoms. The van der Waals surface area contributed by atoms with E-state index >= 15 is 0 Å². The number of fused-ring (bicyclic) bond motifs is 1. The maximum atomic E-state index is 12.8. The van der Waals surface area contributed by atoms with Crippen LogP contribution in [0, 0.1) is 0 Å². The van der Waals surface area contributed by atoms with Gasteiger partial charge in [0, 0.05) is 32.4 Å². The summed E-state index contributed by atoms with van der Waals surface area (Å²) in [7, 11) is 3.49. The number of aromatic nitrogens is 4. The monoisotopic (exact) mass is 417 g/mol. The number of para-hydroxylation sites is 1. The van der Waals surface area contributed by atoms with Crippen molar-refractivity contribution >= 4 is 16.8 Å². The van der Waals surface area contributed by atoms with Crippen LogP contribution >= 0.6 is 0 Å². The van der Waals surface area contributed by atoms with Crippen LogP contribution < -0.4 is 15.6 Å². The molecular weight excluding hydrogens is 394 g/mol. The highest BCUT2D eigenvalue weighted by Crippen LogP contribution is 2.23. The fourth-order valence-electron chi connectivity index (χ4n) is 3.47. The van der Waals surface area contributed by atoms with E-state index in [1.165, 1.54) is 10.9 Å². The van der Waals surface area contributed by atoms with E-state index in [9.17, 15) is 9.59 Å². The topological polar surface area (TPSA) is 91.0 Å². The summed E-state index contributed by atoms with van der Waals surface area (Å²) < 4.78 is 8.56. The number of rotatable bonds is 7. The maximum Gasteiger partial charge on any atom is 0.261 e. The van der Waals surface area contributed by atoms with Crippen LogP contribution in [0.1, 0.15) is 23.9 Å². The van der Waals surface area contributed by atoms with Gasteiger partial charge in [0.1, 0.15) is 17.6 Å². The first kappa shape index (κ1) is 20.3. The van der Waals surface area contributed by atoms with Crippen LogP contribution in [-0.2, 0) is 18.4 Å². The Kier molecular flexibility index (Phi) is 5.79. The minimum atomic E-state index is -0.426. The van der Waals surface area contributed by atoms with E-state index < -0.39 is 6.04 Å². The summed E-state index contributed by atoms with van der Waals surface area (Å²) in [6.07, 6.45) is 5.14. The minimum absolute atomic E-state index is 0.136. The van der Waals surface area contributed by atoms with Gasteiger partial charge in [-0.25, -0.2) is 9.97 Å². The van der Waals surface area contributed by atoms with Crippen LogP contribution in [0.25, 0.3) is 10.9 Å². The van der Waals surface area contributed by atoms with Crippen LogP contribution in [-0.4, -0.2) is 32.1 Å². The average Bonchev–Trinajstić information content (AvgIpc) is 3.23. The van der Waals surface area contributed by atoms with Crippen molar-refractivity contribution in [2.24, 2.45) is 7.05 Å². The van der Waals surface area contributed by atoms with Gasteiger partial charge in [0.05, 0.1) is 24.3 Å². The molecule has 1 unspecified atom stereocenters. The van der Waals surface area contributed by atoms with E-state index in [4.69, 9.17) is 4.74 Å². The largest absolute Gasteiger partial charge is 0.497 e. The summed E-state index contributed by atoms with van der Waals surface area (Å²) in [6, 6.07) is 14.2. The third-order valence-electron chi connectivity index (χ3n) is 5.18. The molecule has 8 nitrogen and oxygen atoms in total. The molecule has 0 aliphatic rings. The molecule has 31 heavy (non-hydrogen) atoms. The first-order valence-electron chi connectivity index (χ1n) is 9.91. The van der Waals surface area contributed by atoms with Crippen molar-refractivity contribution in [2.45, 2.75) is 19.0 Å². The number of ether oxygens (including phenoxy) is 1. The molecule has 0 aliphatic carbocycles. The quantitative estimate of drug-likeness (QED) is 0.499. The van der Waals surface area contributed by atoms with E-state index in [0.717, 1.165) is 11.3 Å². The third-order valence-corrected chi connectivity index (χ3v) is 5.18. The van der Waals surface area contributed by atoms with E-state index in [1.54, 1.807) is 31.5 Å². The van der Waals surface area contributed by atoms with Crippen molar-refractivity contribution in [1.29, 1.82) is 0 Å². The summed E-state index contributed by atoms with van der Waals surface area (Å²) in [6.45, 7) is 0.235. The number of benzene rings is 2. The van der Waals surface area contributed by atoms with Gasteiger partial charge in [-0.05, 0) is 29.8 Å². The van der Waals surface area contributed by atoms with Gasteiger partial charge in [-0.15, -0.1) is 0 Å². The highest BCUT2D eigenvalue weighted by Gasteiger charge is 2.21. The van der Waals surface area contributed by atoms with E-state index in [0.29, 0.717) is 16.7 Å². The van der Waals surface area contributed by atoms with Crippen molar-refractivity contribution < 1.29 is 9.53 Å². The molecule has 0 radical (unpaired) electrons. The van der Waals surface area contributed by atoms with Crippen LogP contribution in [0.5, 0.6) is 5.75 Å². The van der Waals surface area contributed by atoms with Crippen molar-refractivity contribution in [3.05, 3.63) is 89.0 Å². The zero-order chi connectivity index (χ0) is 21.8. The lowest BCUT2D eigenvalue weighted by atomic mass is 10.1. The second-order valence-corrected chi connectivity index (χ2v) is 7.18. The van der Waals surface area contributed by atoms with Gasteiger partial charge >= 0.3 is 0 Å². The molecule has 0 saturated carbocycles. The Labute approximate surface area is 179 Å². The molecule has 8 heteroatoms. The fourth-order valence-corrected chi connectivity index (χ4v) is 3.47. The Morgan fingerprint density at radius 2 is 1.90 bits per heavy atom. The first-order valence-corrected chi connectivity index (χ1v) is 9.91. The summed E-state index contributed by atoms with van der Waals surface area (Å²) in [5, 5.41) is 3.58. The summed E-state index contributed by atoms with van der Waals surface area (Å²) >= 11 is 0. The van der Waals surface area contributed by atoms with Crippen molar-refractivity contribution in [2.75, 3.05) is 7.11 Å². The predicted molar refractivity (Wildman–Crippen MR) is 117 cm³/mol. The van der Waals surface area contributed by atoms with Crippen molar-refractivity contribution in [3.63, 3.8) is 0 Å². The normalized spacial score (nSPS) is 11.9. The molecule has 0 saturated heterocycles. The van der Waals surface area contributed by atoms with Crippen LogP contribution in [0.4, 0.5) is 0 Å². The van der Waals surface area contributed by atoms with E-state index in [-0.39, 0.29) is 24.4 Å². The highest BCUT2D eigenvalue weighted by atomic mass is 16.5. The minimum Gasteiger partial charge on any atom is -0.497 e. The summed E-state index contributed by atoms with van der Waals surface area (Å²) in [5.41, 5.74) is 1.37. The Morgan fingerprint density at radius 3 is 2.61 bits per heavy atom. The number of hydrogen-bond donors (Lipinski definition) is 1. The molecule has 0 aliphatic heterocycles. The number of methoxy groups -OCH3 is 1. The number of carbonyl (C=O) groups is 1. The molecule has 1 N–H and O–H groups in total. The number of carbonyl (C=O) groups excluding carboxylic acids is 1. The highest BCUT2D eigenvalue weighted by molar-refractivity contribution is 5.78. The molecule has 2 aromatic carbocycles. The number of amides is 1. The zero-order valence-electron chi connectivity index (χ0n) is 17.4. The van der Waals surface area contributed by atoms with E-state index in [2.05, 4.69) is 15.3 Å². The molecule has 1 atom stereocenters. The summed E-state index contributed by atoms with van der Waals surface area (Å²) in [5.74, 6) is 1.25. The van der Waals surface area contributed by atoms with Crippen LogP contribution in [0.2, 0.25) is 0 Å². The Morgan fingerprint density at radius 1 is 1.13 bits per heavy atom. The van der Waals surface area contributed by atoms with Gasteiger partial charge in [0.25, 0.3) is 5.56 Å². The van der Waals surface area contributed by atoms with Gasteiger partial charge in [0.15, 0.2) is 0 Å². The Hall–Kier alpha value is -3.94. The molecule has 0 spiro atoms. The molecule has 4 aromatic rings. The van der Waals surface area contributed by atoms with Gasteiger partial charge in [-0.2, -0.15) is 0 Å². The number of hydrogen-bond acceptors (Lipinski definition) is 5. The SMILES string of the molecule is COc1ccc(C(NC(=O)CCn2cnc3ccccc3c2=O)c2nccn2C)cc1. The summed E-state index contributed by atoms with van der Waals surface area (Å²) in [4.78, 5) is 34.1. The first-order chi connectivity index (χ1) is 15.1. The van der Waals surface area contributed by atoms with Crippen LogP contribution in [0.3, 0.4) is 0 Å². The van der Waals surface area contributed by atoms with Crippen molar-refractivity contribution in [1.82, 2.24) is 24.4 Å².